The number of hydrogen-bond donors (Lipinski definition) is 3. The molecule has 0 aliphatic heterocycles. The van der Waals surface area contributed by atoms with Gasteiger partial charge in [-0.2, -0.15) is 0 Å². The zero-order chi connectivity index (χ0) is 22.5. The average Bonchev–Trinajstić information content (AvgIpc) is 2.76. The highest BCUT2D eigenvalue weighted by atomic mass is 19.1. The Labute approximate surface area is 181 Å². The van der Waals surface area contributed by atoms with Gasteiger partial charge in [0, 0.05) is 19.4 Å². The molecule has 0 unspecified atom stereocenters. The van der Waals surface area contributed by atoms with E-state index in [0.29, 0.717) is 31.4 Å². The van der Waals surface area contributed by atoms with Crippen LogP contribution in [0.15, 0.2) is 54.6 Å². The molecule has 0 saturated carbocycles. The minimum atomic E-state index is -0.967. The van der Waals surface area contributed by atoms with Crippen LogP contribution in [0.3, 0.4) is 0 Å². The Hall–Kier alpha value is -3.42. The van der Waals surface area contributed by atoms with E-state index >= 15 is 0 Å². The minimum absolute atomic E-state index is 0.00274. The molecule has 0 radical (unpaired) electrons. The lowest BCUT2D eigenvalue weighted by Gasteiger charge is -2.16. The molecule has 31 heavy (non-hydrogen) atoms. The van der Waals surface area contributed by atoms with Gasteiger partial charge in [0.2, 0.25) is 11.8 Å². The summed E-state index contributed by atoms with van der Waals surface area (Å²) in [6.07, 6.45) is 1.70. The third-order valence-corrected chi connectivity index (χ3v) is 4.62. The molecule has 0 heterocycles. The Morgan fingerprint density at radius 1 is 0.968 bits per heavy atom. The molecule has 0 spiro atoms. The summed E-state index contributed by atoms with van der Waals surface area (Å²) in [5.41, 5.74) is 6.57. The predicted octanol–water partition coefficient (Wildman–Crippen LogP) is 2.83. The van der Waals surface area contributed by atoms with E-state index in [1.54, 1.807) is 18.2 Å². The number of carbonyl (C=O) groups is 3. The van der Waals surface area contributed by atoms with Crippen molar-refractivity contribution in [1.29, 1.82) is 0 Å². The molecule has 3 amide bonds. The molecule has 0 saturated heterocycles. The van der Waals surface area contributed by atoms with Gasteiger partial charge < -0.3 is 21.1 Å². The van der Waals surface area contributed by atoms with Gasteiger partial charge in [0.05, 0.1) is 0 Å². The minimum Gasteiger partial charge on any atom is -0.445 e. The molecule has 8 heteroatoms. The van der Waals surface area contributed by atoms with Gasteiger partial charge in [-0.25, -0.2) is 9.18 Å². The van der Waals surface area contributed by atoms with E-state index < -0.39 is 23.9 Å². The molecule has 2 aromatic carbocycles. The van der Waals surface area contributed by atoms with Gasteiger partial charge in [0.1, 0.15) is 18.5 Å². The standard InChI is InChI=1S/C23H28FN3O4/c24-19-12-7-6-11-18(19)15-20(22(25)29)27-21(28)13-5-2-8-14-26-23(30)31-16-17-9-3-1-4-10-17/h1,3-4,6-7,9-12,20H,2,5,8,13-16H2,(H2,25,29)(H,26,30)(H,27,28)/t20-/m0/s1. The number of ether oxygens (including phenoxy) is 1. The summed E-state index contributed by atoms with van der Waals surface area (Å²) in [5, 5.41) is 5.23. The van der Waals surface area contributed by atoms with Crippen LogP contribution in [0.25, 0.3) is 0 Å². The third-order valence-electron chi connectivity index (χ3n) is 4.62. The maximum absolute atomic E-state index is 13.8. The molecule has 0 fully saturated rings. The van der Waals surface area contributed by atoms with Crippen molar-refractivity contribution >= 4 is 17.9 Å². The van der Waals surface area contributed by atoms with Crippen molar-refractivity contribution in [1.82, 2.24) is 10.6 Å². The molecule has 0 bridgehead atoms. The van der Waals surface area contributed by atoms with Gasteiger partial charge in [-0.15, -0.1) is 0 Å². The number of amides is 3. The van der Waals surface area contributed by atoms with Crippen molar-refractivity contribution in [2.45, 2.75) is 44.8 Å². The summed E-state index contributed by atoms with van der Waals surface area (Å²) in [4.78, 5) is 35.3. The van der Waals surface area contributed by atoms with Crippen molar-refractivity contribution < 1.29 is 23.5 Å². The van der Waals surface area contributed by atoms with Crippen LogP contribution in [-0.2, 0) is 27.4 Å². The molecular formula is C23H28FN3O4. The second kappa shape index (κ2) is 13.0. The van der Waals surface area contributed by atoms with Crippen LogP contribution in [-0.4, -0.2) is 30.5 Å². The van der Waals surface area contributed by atoms with Gasteiger partial charge >= 0.3 is 6.09 Å². The number of nitrogens with two attached hydrogens (primary N) is 1. The summed E-state index contributed by atoms with van der Waals surface area (Å²) >= 11 is 0. The molecule has 2 rings (SSSR count). The van der Waals surface area contributed by atoms with E-state index in [1.165, 1.54) is 6.07 Å². The van der Waals surface area contributed by atoms with Gasteiger partial charge in [-0.3, -0.25) is 9.59 Å². The first-order chi connectivity index (χ1) is 15.0. The number of rotatable bonds is 12. The summed E-state index contributed by atoms with van der Waals surface area (Å²) in [6.45, 7) is 0.646. The van der Waals surface area contributed by atoms with Crippen LogP contribution in [0.4, 0.5) is 9.18 Å². The quantitative estimate of drug-likeness (QED) is 0.451. The first-order valence-electron chi connectivity index (χ1n) is 10.2. The monoisotopic (exact) mass is 429 g/mol. The highest BCUT2D eigenvalue weighted by Gasteiger charge is 2.19. The molecule has 7 nitrogen and oxygen atoms in total. The van der Waals surface area contributed by atoms with Crippen LogP contribution < -0.4 is 16.4 Å². The second-order valence-corrected chi connectivity index (χ2v) is 7.12. The zero-order valence-electron chi connectivity index (χ0n) is 17.3. The van der Waals surface area contributed by atoms with Gasteiger partial charge in [-0.05, 0) is 30.0 Å². The van der Waals surface area contributed by atoms with Gasteiger partial charge in [-0.1, -0.05) is 55.0 Å². The number of hydrogen-bond acceptors (Lipinski definition) is 4. The summed E-state index contributed by atoms with van der Waals surface area (Å²) in [6, 6.07) is 14.5. The van der Waals surface area contributed by atoms with E-state index in [-0.39, 0.29) is 25.4 Å². The topological polar surface area (TPSA) is 111 Å². The molecule has 0 aliphatic rings. The lowest BCUT2D eigenvalue weighted by molar-refractivity contribution is -0.127. The number of primary amides is 1. The molecule has 0 aliphatic carbocycles. The van der Waals surface area contributed by atoms with Crippen molar-refractivity contribution in [2.75, 3.05) is 6.54 Å². The van der Waals surface area contributed by atoms with E-state index in [2.05, 4.69) is 10.6 Å². The SMILES string of the molecule is NC(=O)[C@H](Cc1ccccc1F)NC(=O)CCCCCNC(=O)OCc1ccccc1. The van der Waals surface area contributed by atoms with Gasteiger partial charge in [0.15, 0.2) is 0 Å². The van der Waals surface area contributed by atoms with Crippen LogP contribution in [0.2, 0.25) is 0 Å². The van der Waals surface area contributed by atoms with Crippen molar-refractivity contribution in [2.24, 2.45) is 5.73 Å². The summed E-state index contributed by atoms with van der Waals surface area (Å²) in [5.74, 6) is -1.48. The maximum Gasteiger partial charge on any atom is 0.407 e. The number of nitrogens with one attached hydrogen (secondary N) is 2. The number of halogens is 1. The number of carbonyl (C=O) groups excluding carboxylic acids is 3. The van der Waals surface area contributed by atoms with Crippen molar-refractivity contribution in [3.05, 3.63) is 71.5 Å². The van der Waals surface area contributed by atoms with Crippen molar-refractivity contribution in [3.63, 3.8) is 0 Å². The van der Waals surface area contributed by atoms with E-state index in [0.717, 1.165) is 5.56 Å². The largest absolute Gasteiger partial charge is 0.445 e. The van der Waals surface area contributed by atoms with Crippen LogP contribution in [0.5, 0.6) is 0 Å². The smallest absolute Gasteiger partial charge is 0.407 e. The van der Waals surface area contributed by atoms with Crippen LogP contribution in [0.1, 0.15) is 36.8 Å². The summed E-state index contributed by atoms with van der Waals surface area (Å²) < 4.78 is 18.9. The first-order valence-corrected chi connectivity index (χ1v) is 10.2. The average molecular weight is 429 g/mol. The van der Waals surface area contributed by atoms with Crippen molar-refractivity contribution in [3.8, 4) is 0 Å². The van der Waals surface area contributed by atoms with E-state index in [4.69, 9.17) is 10.5 Å². The Morgan fingerprint density at radius 3 is 2.39 bits per heavy atom. The Balaban J connectivity index is 1.58. The lowest BCUT2D eigenvalue weighted by atomic mass is 10.0. The summed E-state index contributed by atoms with van der Waals surface area (Å²) in [7, 11) is 0. The molecule has 166 valence electrons. The Morgan fingerprint density at radius 2 is 1.68 bits per heavy atom. The fourth-order valence-corrected chi connectivity index (χ4v) is 2.93. The zero-order valence-corrected chi connectivity index (χ0v) is 17.3. The highest BCUT2D eigenvalue weighted by Crippen LogP contribution is 2.10. The Kier molecular flexibility index (Phi) is 10.0. The molecule has 4 N–H and O–H groups in total. The fourth-order valence-electron chi connectivity index (χ4n) is 2.93. The van der Waals surface area contributed by atoms with Crippen LogP contribution >= 0.6 is 0 Å². The third kappa shape index (κ3) is 9.29. The Bertz CT molecular complexity index is 861. The van der Waals surface area contributed by atoms with Gasteiger partial charge in [0.25, 0.3) is 0 Å². The van der Waals surface area contributed by atoms with Crippen LogP contribution in [0, 0.1) is 5.82 Å². The number of alkyl carbamates (subject to hydrolysis) is 1. The molecule has 2 aromatic rings. The molecule has 0 aromatic heterocycles. The number of benzene rings is 2. The molecule has 1 atom stereocenters. The molecular weight excluding hydrogens is 401 g/mol. The fraction of sp³-hybridized carbons (Fsp3) is 0.348. The predicted molar refractivity (Wildman–Crippen MR) is 114 cm³/mol. The first kappa shape index (κ1) is 23.9. The highest BCUT2D eigenvalue weighted by molar-refractivity contribution is 5.86. The maximum atomic E-state index is 13.8. The number of unbranched alkanes of at least 4 members (excludes halogenated alkanes) is 2. The van der Waals surface area contributed by atoms with E-state index in [1.807, 2.05) is 30.3 Å². The lowest BCUT2D eigenvalue weighted by Crippen LogP contribution is -2.45. The second-order valence-electron chi connectivity index (χ2n) is 7.12. The van der Waals surface area contributed by atoms with E-state index in [9.17, 15) is 18.8 Å². The normalized spacial score (nSPS) is 11.4.